The summed E-state index contributed by atoms with van der Waals surface area (Å²) >= 11 is 3.26. The van der Waals surface area contributed by atoms with E-state index in [1.54, 1.807) is 18.3 Å². The van der Waals surface area contributed by atoms with E-state index >= 15 is 0 Å². The molecule has 0 unspecified atom stereocenters. The predicted octanol–water partition coefficient (Wildman–Crippen LogP) is 4.32. The summed E-state index contributed by atoms with van der Waals surface area (Å²) in [5.41, 5.74) is 2.21. The summed E-state index contributed by atoms with van der Waals surface area (Å²) in [4.78, 5) is 15.5. The number of nitrogens with zero attached hydrogens (tertiary/aromatic N) is 2. The normalized spacial score (nSPS) is 12.0. The Morgan fingerprint density at radius 2 is 1.82 bits per heavy atom. The molecule has 0 atom stereocenters. The third-order valence-electron chi connectivity index (χ3n) is 4.11. The molecule has 7 nitrogen and oxygen atoms in total. The smallest absolute Gasteiger partial charge is 0.378 e. The van der Waals surface area contributed by atoms with Crippen molar-refractivity contribution in [1.82, 2.24) is 10.4 Å². The minimum Gasteiger partial charge on any atom is -0.378 e. The van der Waals surface area contributed by atoms with Crippen molar-refractivity contribution < 1.29 is 30.6 Å². The van der Waals surface area contributed by atoms with Crippen molar-refractivity contribution in [3.05, 3.63) is 88.2 Å². The van der Waals surface area contributed by atoms with Crippen LogP contribution in [0.2, 0.25) is 0 Å². The third-order valence-corrected chi connectivity index (χ3v) is 5.79. The Morgan fingerprint density at radius 1 is 1.12 bits per heavy atom. The van der Waals surface area contributed by atoms with Gasteiger partial charge in [0.15, 0.2) is 5.75 Å². The number of halogens is 4. The Morgan fingerprint density at radius 3 is 2.48 bits per heavy atom. The fraction of sp³-hybridized carbons (Fsp3) is 0.0952. The topological polar surface area (TPSA) is 97.7 Å². The van der Waals surface area contributed by atoms with Crippen LogP contribution < -0.4 is 9.61 Å². The highest BCUT2D eigenvalue weighted by Crippen LogP contribution is 2.30. The van der Waals surface area contributed by atoms with Crippen LogP contribution in [-0.2, 0) is 27.5 Å². The lowest BCUT2D eigenvalue weighted by molar-refractivity contribution is -0.137. The first kappa shape index (κ1) is 24.4. The summed E-state index contributed by atoms with van der Waals surface area (Å²) in [7, 11) is -4.41. The lowest BCUT2D eigenvalue weighted by Gasteiger charge is -2.11. The third kappa shape index (κ3) is 6.86. The Hall–Kier alpha value is -3.25. The lowest BCUT2D eigenvalue weighted by atomic mass is 10.2. The molecule has 172 valence electrons. The van der Waals surface area contributed by atoms with Gasteiger partial charge in [-0.1, -0.05) is 12.1 Å². The lowest BCUT2D eigenvalue weighted by Crippen LogP contribution is -2.20. The van der Waals surface area contributed by atoms with Gasteiger partial charge in [0.05, 0.1) is 18.2 Å². The minimum absolute atomic E-state index is 0.0181. The molecule has 1 amide bonds. The molecule has 1 aromatic heterocycles. The highest BCUT2D eigenvalue weighted by atomic mass is 79.9. The Balaban J connectivity index is 1.70. The first-order valence-corrected chi connectivity index (χ1v) is 11.4. The predicted molar refractivity (Wildman–Crippen MR) is 117 cm³/mol. The molecule has 0 aliphatic carbocycles. The number of carbonyl (C=O) groups is 1. The fourth-order valence-electron chi connectivity index (χ4n) is 2.59. The van der Waals surface area contributed by atoms with Gasteiger partial charge in [-0.25, -0.2) is 5.43 Å². The van der Waals surface area contributed by atoms with Crippen LogP contribution in [0.15, 0.2) is 81.5 Å². The van der Waals surface area contributed by atoms with E-state index in [-0.39, 0.29) is 17.7 Å². The molecule has 0 bridgehead atoms. The number of carbonyl (C=O) groups excluding carboxylic acids is 1. The zero-order chi connectivity index (χ0) is 24.1. The Kier molecular flexibility index (Phi) is 7.49. The molecular formula is C21H15BrF3N3O4S. The van der Waals surface area contributed by atoms with Crippen LogP contribution in [0, 0.1) is 0 Å². The van der Waals surface area contributed by atoms with Crippen molar-refractivity contribution in [1.29, 1.82) is 0 Å². The number of nitrogens with one attached hydrogen (secondary N) is 1. The van der Waals surface area contributed by atoms with E-state index in [1.165, 1.54) is 30.6 Å². The van der Waals surface area contributed by atoms with Gasteiger partial charge in [-0.2, -0.15) is 26.7 Å². The van der Waals surface area contributed by atoms with Crippen LogP contribution in [0.25, 0.3) is 0 Å². The van der Waals surface area contributed by atoms with E-state index in [0.29, 0.717) is 17.7 Å². The van der Waals surface area contributed by atoms with Crippen LogP contribution in [0.5, 0.6) is 5.75 Å². The Bertz CT molecular complexity index is 1280. The van der Waals surface area contributed by atoms with Gasteiger partial charge in [-0.15, -0.1) is 0 Å². The second-order valence-electron chi connectivity index (χ2n) is 6.58. The van der Waals surface area contributed by atoms with Gasteiger partial charge in [0.1, 0.15) is 4.90 Å². The van der Waals surface area contributed by atoms with Crippen molar-refractivity contribution in [3.8, 4) is 5.75 Å². The largest absolute Gasteiger partial charge is 0.416 e. The molecule has 0 fully saturated rings. The van der Waals surface area contributed by atoms with E-state index in [9.17, 15) is 26.4 Å². The maximum absolute atomic E-state index is 12.7. The molecular weight excluding hydrogens is 527 g/mol. The first-order chi connectivity index (χ1) is 15.5. The molecule has 1 N–H and O–H groups in total. The van der Waals surface area contributed by atoms with Crippen LogP contribution in [0.1, 0.15) is 16.7 Å². The summed E-state index contributed by atoms with van der Waals surface area (Å²) in [5, 5.41) is 3.81. The number of hydrogen-bond acceptors (Lipinski definition) is 6. The van der Waals surface area contributed by atoms with Gasteiger partial charge < -0.3 is 4.18 Å². The molecule has 33 heavy (non-hydrogen) atoms. The first-order valence-electron chi connectivity index (χ1n) is 9.17. The van der Waals surface area contributed by atoms with E-state index in [4.69, 9.17) is 4.18 Å². The molecule has 3 rings (SSSR count). The average Bonchev–Trinajstić information content (AvgIpc) is 2.74. The van der Waals surface area contributed by atoms with E-state index < -0.39 is 32.7 Å². The second-order valence-corrected chi connectivity index (χ2v) is 9.04. The number of rotatable bonds is 7. The molecule has 0 radical (unpaired) electrons. The summed E-state index contributed by atoms with van der Waals surface area (Å²) in [6, 6.07) is 10.6. The van der Waals surface area contributed by atoms with Crippen LogP contribution >= 0.6 is 15.9 Å². The summed E-state index contributed by atoms with van der Waals surface area (Å²) in [5.74, 6) is -0.548. The zero-order valence-corrected chi connectivity index (χ0v) is 19.0. The second kappa shape index (κ2) is 10.1. The van der Waals surface area contributed by atoms with Crippen molar-refractivity contribution >= 4 is 38.2 Å². The van der Waals surface area contributed by atoms with E-state index in [2.05, 4.69) is 31.4 Å². The van der Waals surface area contributed by atoms with Crippen molar-refractivity contribution in [2.45, 2.75) is 17.5 Å². The number of hydrogen-bond donors (Lipinski definition) is 1. The van der Waals surface area contributed by atoms with Crippen LogP contribution in [-0.4, -0.2) is 25.5 Å². The highest BCUT2D eigenvalue weighted by molar-refractivity contribution is 9.10. The fourth-order valence-corrected chi connectivity index (χ4v) is 3.96. The maximum atomic E-state index is 12.7. The van der Waals surface area contributed by atoms with Gasteiger partial charge in [0, 0.05) is 22.4 Å². The number of aromatic nitrogens is 1. The quantitative estimate of drug-likeness (QED) is 0.273. The molecule has 0 spiro atoms. The molecule has 0 aliphatic heterocycles. The molecule has 1 heterocycles. The number of benzene rings is 2. The maximum Gasteiger partial charge on any atom is 0.416 e. The number of hydrazone groups is 1. The number of alkyl halides is 3. The molecule has 12 heteroatoms. The van der Waals surface area contributed by atoms with Gasteiger partial charge >= 0.3 is 16.3 Å². The SMILES string of the molecule is O=C(Cc1cncc(Br)c1)NN=Cc1ccccc1OS(=O)(=O)c1ccc(C(F)(F)F)cc1. The number of amides is 1. The molecule has 3 aromatic rings. The van der Waals surface area contributed by atoms with Crippen molar-refractivity contribution in [2.75, 3.05) is 0 Å². The van der Waals surface area contributed by atoms with Crippen LogP contribution in [0.4, 0.5) is 13.2 Å². The molecule has 0 saturated heterocycles. The summed E-state index contributed by atoms with van der Waals surface area (Å²) in [6.07, 6.45) is -0.276. The standard InChI is InChI=1S/C21H15BrF3N3O4S/c22-17-9-14(11-26-13-17)10-20(29)28-27-12-15-3-1-2-4-19(15)32-33(30,31)18-7-5-16(6-8-18)21(23,24)25/h1-9,11-13H,10H2,(H,28,29). The van der Waals surface area contributed by atoms with Crippen molar-refractivity contribution in [3.63, 3.8) is 0 Å². The van der Waals surface area contributed by atoms with Gasteiger partial charge in [0.2, 0.25) is 5.91 Å². The summed E-state index contributed by atoms with van der Waals surface area (Å²) < 4.78 is 68.9. The Labute approximate surface area is 195 Å². The van der Waals surface area contributed by atoms with E-state index in [0.717, 1.165) is 16.6 Å². The highest BCUT2D eigenvalue weighted by Gasteiger charge is 2.31. The van der Waals surface area contributed by atoms with Crippen LogP contribution in [0.3, 0.4) is 0 Å². The van der Waals surface area contributed by atoms with E-state index in [1.807, 2.05) is 0 Å². The van der Waals surface area contributed by atoms with Gasteiger partial charge in [0.25, 0.3) is 0 Å². The molecule has 0 aliphatic rings. The molecule has 2 aromatic carbocycles. The zero-order valence-electron chi connectivity index (χ0n) is 16.6. The average molecular weight is 542 g/mol. The van der Waals surface area contributed by atoms with Gasteiger partial charge in [-0.3, -0.25) is 9.78 Å². The summed E-state index contributed by atoms with van der Waals surface area (Å²) in [6.45, 7) is 0. The molecule has 0 saturated carbocycles. The number of pyridine rings is 1. The van der Waals surface area contributed by atoms with Gasteiger partial charge in [-0.05, 0) is 64.0 Å². The minimum atomic E-state index is -4.59. The van der Waals surface area contributed by atoms with Crippen molar-refractivity contribution in [2.24, 2.45) is 5.10 Å². The number of para-hydroxylation sites is 1. The monoisotopic (exact) mass is 541 g/mol.